The molecule has 1 aromatic carbocycles. The Morgan fingerprint density at radius 1 is 1.21 bits per heavy atom. The fourth-order valence-corrected chi connectivity index (χ4v) is 2.97. The molecule has 7 nitrogen and oxygen atoms in total. The van der Waals surface area contributed by atoms with Crippen molar-refractivity contribution in [3.05, 3.63) is 52.8 Å². The molecule has 7 heteroatoms. The normalized spacial score (nSPS) is 16.5. The molecule has 1 aliphatic carbocycles. The minimum atomic E-state index is -0.730. The van der Waals surface area contributed by atoms with E-state index in [1.54, 1.807) is 16.8 Å². The summed E-state index contributed by atoms with van der Waals surface area (Å²) in [5.41, 5.74) is 1.61. The van der Waals surface area contributed by atoms with Crippen molar-refractivity contribution >= 4 is 17.8 Å². The predicted octanol–water partition coefficient (Wildman–Crippen LogP) is 2.15. The maximum Gasteiger partial charge on any atom is 0.367 e. The van der Waals surface area contributed by atoms with Crippen molar-refractivity contribution in [1.82, 2.24) is 14.8 Å². The Kier molecular flexibility index (Phi) is 3.23. The summed E-state index contributed by atoms with van der Waals surface area (Å²) in [5, 5.41) is 4.73. The van der Waals surface area contributed by atoms with Crippen LogP contribution in [-0.4, -0.2) is 32.6 Å². The SMILES string of the molecule is CCn1ncc(C(=O)ON2C(=O)c3ccccc3C2=O)c1C1CC1. The van der Waals surface area contributed by atoms with Crippen molar-refractivity contribution in [2.45, 2.75) is 32.2 Å². The van der Waals surface area contributed by atoms with Crippen LogP contribution < -0.4 is 0 Å². The molecular weight excluding hydrogens is 310 g/mol. The molecule has 0 N–H and O–H groups in total. The molecule has 2 aliphatic rings. The summed E-state index contributed by atoms with van der Waals surface area (Å²) in [4.78, 5) is 42.2. The lowest BCUT2D eigenvalue weighted by Crippen LogP contribution is -2.32. The van der Waals surface area contributed by atoms with Crippen molar-refractivity contribution < 1.29 is 19.2 Å². The van der Waals surface area contributed by atoms with Crippen LogP contribution in [0, 0.1) is 0 Å². The number of hydrogen-bond acceptors (Lipinski definition) is 5. The van der Waals surface area contributed by atoms with E-state index in [9.17, 15) is 14.4 Å². The van der Waals surface area contributed by atoms with E-state index in [0.29, 0.717) is 17.2 Å². The van der Waals surface area contributed by atoms with Crippen LogP contribution in [0.15, 0.2) is 30.5 Å². The zero-order valence-corrected chi connectivity index (χ0v) is 13.1. The highest BCUT2D eigenvalue weighted by molar-refractivity contribution is 6.21. The van der Waals surface area contributed by atoms with Gasteiger partial charge in [0.15, 0.2) is 0 Å². The van der Waals surface area contributed by atoms with Crippen LogP contribution in [-0.2, 0) is 11.4 Å². The van der Waals surface area contributed by atoms with Crippen molar-refractivity contribution in [1.29, 1.82) is 0 Å². The summed E-state index contributed by atoms with van der Waals surface area (Å²) in [6.45, 7) is 2.59. The minimum absolute atomic E-state index is 0.238. The molecule has 2 heterocycles. The van der Waals surface area contributed by atoms with Crippen LogP contribution in [0.2, 0.25) is 0 Å². The van der Waals surface area contributed by atoms with Gasteiger partial charge in [0.05, 0.1) is 23.0 Å². The second kappa shape index (κ2) is 5.30. The standard InChI is InChI=1S/C17H15N3O4/c1-2-19-14(10-7-8-10)13(9-18-19)17(23)24-20-15(21)11-5-3-4-6-12(11)16(20)22/h3-6,9-10H,2,7-8H2,1H3. The Morgan fingerprint density at radius 2 is 1.83 bits per heavy atom. The molecule has 4 rings (SSSR count). The molecule has 0 spiro atoms. The molecule has 0 unspecified atom stereocenters. The number of rotatable bonds is 4. The van der Waals surface area contributed by atoms with Gasteiger partial charge >= 0.3 is 5.97 Å². The second-order valence-corrected chi connectivity index (χ2v) is 5.86. The molecule has 0 saturated heterocycles. The van der Waals surface area contributed by atoms with Gasteiger partial charge in [0, 0.05) is 12.5 Å². The highest BCUT2D eigenvalue weighted by atomic mass is 16.7. The zero-order valence-electron chi connectivity index (χ0n) is 13.1. The van der Waals surface area contributed by atoms with Crippen LogP contribution >= 0.6 is 0 Å². The van der Waals surface area contributed by atoms with Crippen LogP contribution in [0.4, 0.5) is 0 Å². The van der Waals surface area contributed by atoms with Gasteiger partial charge in [-0.05, 0) is 31.9 Å². The zero-order chi connectivity index (χ0) is 16.8. The van der Waals surface area contributed by atoms with Gasteiger partial charge in [-0.15, -0.1) is 0 Å². The molecule has 0 bridgehead atoms. The van der Waals surface area contributed by atoms with Gasteiger partial charge < -0.3 is 4.84 Å². The van der Waals surface area contributed by atoms with Gasteiger partial charge in [0.25, 0.3) is 11.8 Å². The number of benzene rings is 1. The third-order valence-corrected chi connectivity index (χ3v) is 4.29. The Balaban J connectivity index is 1.61. The maximum atomic E-state index is 12.5. The first kappa shape index (κ1) is 14.6. The van der Waals surface area contributed by atoms with E-state index in [4.69, 9.17) is 4.84 Å². The highest BCUT2D eigenvalue weighted by Crippen LogP contribution is 2.42. The molecule has 24 heavy (non-hydrogen) atoms. The van der Waals surface area contributed by atoms with Gasteiger partial charge in [0.2, 0.25) is 0 Å². The molecule has 1 saturated carbocycles. The number of carbonyl (C=O) groups excluding carboxylic acids is 3. The predicted molar refractivity (Wildman–Crippen MR) is 82.2 cm³/mol. The summed E-state index contributed by atoms with van der Waals surface area (Å²) < 4.78 is 1.76. The first-order valence-electron chi connectivity index (χ1n) is 7.87. The third kappa shape index (κ3) is 2.12. The van der Waals surface area contributed by atoms with Gasteiger partial charge in [-0.1, -0.05) is 17.2 Å². The molecule has 1 fully saturated rings. The topological polar surface area (TPSA) is 81.5 Å². The largest absolute Gasteiger partial charge is 0.367 e. The average molecular weight is 325 g/mol. The molecule has 122 valence electrons. The molecule has 0 radical (unpaired) electrons. The van der Waals surface area contributed by atoms with Crippen LogP contribution in [0.25, 0.3) is 0 Å². The summed E-state index contributed by atoms with van der Waals surface area (Å²) in [5.74, 6) is -1.69. The highest BCUT2D eigenvalue weighted by Gasteiger charge is 2.40. The number of hydroxylamine groups is 2. The van der Waals surface area contributed by atoms with E-state index in [-0.39, 0.29) is 17.0 Å². The number of aromatic nitrogens is 2. The molecule has 1 aliphatic heterocycles. The second-order valence-electron chi connectivity index (χ2n) is 5.86. The van der Waals surface area contributed by atoms with Crippen molar-refractivity contribution in [2.24, 2.45) is 0 Å². The van der Waals surface area contributed by atoms with Crippen molar-refractivity contribution in [3.63, 3.8) is 0 Å². The number of carbonyl (C=O) groups is 3. The molecule has 0 atom stereocenters. The molecular formula is C17H15N3O4. The average Bonchev–Trinajstić information content (AvgIpc) is 3.31. The number of nitrogens with zero attached hydrogens (tertiary/aromatic N) is 3. The van der Waals surface area contributed by atoms with Crippen molar-refractivity contribution in [2.75, 3.05) is 0 Å². The number of imide groups is 1. The smallest absolute Gasteiger partial charge is 0.324 e. The van der Waals surface area contributed by atoms with Crippen LogP contribution in [0.5, 0.6) is 0 Å². The minimum Gasteiger partial charge on any atom is -0.324 e. The van der Waals surface area contributed by atoms with Crippen molar-refractivity contribution in [3.8, 4) is 0 Å². The maximum absolute atomic E-state index is 12.5. The first-order chi connectivity index (χ1) is 11.6. The van der Waals surface area contributed by atoms with E-state index < -0.39 is 17.8 Å². The lowest BCUT2D eigenvalue weighted by molar-refractivity contribution is -0.0585. The fourth-order valence-electron chi connectivity index (χ4n) is 2.97. The molecule has 1 aromatic heterocycles. The third-order valence-electron chi connectivity index (χ3n) is 4.29. The Morgan fingerprint density at radius 3 is 2.38 bits per heavy atom. The van der Waals surface area contributed by atoms with Crippen LogP contribution in [0.3, 0.4) is 0 Å². The summed E-state index contributed by atoms with van der Waals surface area (Å²) in [6, 6.07) is 6.39. The number of fused-ring (bicyclic) bond motifs is 1. The number of amides is 2. The van der Waals surface area contributed by atoms with E-state index in [1.165, 1.54) is 18.3 Å². The summed E-state index contributed by atoms with van der Waals surface area (Å²) >= 11 is 0. The first-order valence-corrected chi connectivity index (χ1v) is 7.87. The Bertz CT molecular complexity index is 831. The number of hydrogen-bond donors (Lipinski definition) is 0. The lowest BCUT2D eigenvalue weighted by Gasteiger charge is -2.13. The Hall–Kier alpha value is -2.96. The quantitative estimate of drug-likeness (QED) is 0.805. The fraction of sp³-hybridized carbons (Fsp3) is 0.294. The van der Waals surface area contributed by atoms with Crippen LogP contribution in [0.1, 0.15) is 62.5 Å². The van der Waals surface area contributed by atoms with E-state index in [1.807, 2.05) is 6.92 Å². The summed E-state index contributed by atoms with van der Waals surface area (Å²) in [7, 11) is 0. The monoisotopic (exact) mass is 325 g/mol. The van der Waals surface area contributed by atoms with E-state index in [2.05, 4.69) is 5.10 Å². The van der Waals surface area contributed by atoms with Gasteiger partial charge in [0.1, 0.15) is 5.56 Å². The summed E-state index contributed by atoms with van der Waals surface area (Å²) in [6.07, 6.45) is 3.44. The van der Waals surface area contributed by atoms with Gasteiger partial charge in [-0.2, -0.15) is 5.10 Å². The van der Waals surface area contributed by atoms with E-state index in [0.717, 1.165) is 18.5 Å². The lowest BCUT2D eigenvalue weighted by atomic mass is 10.1. The number of aryl methyl sites for hydroxylation is 1. The molecule has 2 amide bonds. The Labute approximate surface area is 137 Å². The van der Waals surface area contributed by atoms with Gasteiger partial charge in [-0.3, -0.25) is 14.3 Å². The van der Waals surface area contributed by atoms with E-state index >= 15 is 0 Å². The molecule has 2 aromatic rings. The van der Waals surface area contributed by atoms with Gasteiger partial charge in [-0.25, -0.2) is 4.79 Å².